The van der Waals surface area contributed by atoms with Gasteiger partial charge in [-0.1, -0.05) is 5.57 Å². The van der Waals surface area contributed by atoms with E-state index in [9.17, 15) is 14.0 Å². The summed E-state index contributed by atoms with van der Waals surface area (Å²) in [7, 11) is 0. The van der Waals surface area contributed by atoms with E-state index < -0.39 is 18.0 Å². The molecule has 1 aromatic heterocycles. The Morgan fingerprint density at radius 2 is 2.12 bits per heavy atom. The highest BCUT2D eigenvalue weighted by molar-refractivity contribution is 6.02. The predicted octanol–water partition coefficient (Wildman–Crippen LogP) is 2.75. The van der Waals surface area contributed by atoms with Gasteiger partial charge in [-0.2, -0.15) is 0 Å². The first-order chi connectivity index (χ1) is 12.4. The molecule has 6 nitrogen and oxygen atoms in total. The summed E-state index contributed by atoms with van der Waals surface area (Å²) in [5.74, 6) is -1.34. The van der Waals surface area contributed by atoms with E-state index >= 15 is 0 Å². The van der Waals surface area contributed by atoms with Crippen molar-refractivity contribution in [2.45, 2.75) is 25.4 Å². The van der Waals surface area contributed by atoms with Crippen molar-refractivity contribution in [3.8, 4) is 0 Å². The molecule has 1 aliphatic heterocycles. The van der Waals surface area contributed by atoms with Crippen molar-refractivity contribution in [2.24, 2.45) is 10.9 Å². The fraction of sp³-hybridized carbons (Fsp3) is 0.263. The monoisotopic (exact) mass is 352 g/mol. The van der Waals surface area contributed by atoms with Gasteiger partial charge < -0.3 is 11.1 Å². The second-order valence-corrected chi connectivity index (χ2v) is 6.71. The van der Waals surface area contributed by atoms with Crippen LogP contribution < -0.4 is 11.1 Å². The molecule has 2 aromatic rings. The highest BCUT2D eigenvalue weighted by Crippen LogP contribution is 2.36. The molecule has 0 bridgehead atoms. The van der Waals surface area contributed by atoms with Gasteiger partial charge in [0.25, 0.3) is 5.91 Å². The molecule has 2 heterocycles. The van der Waals surface area contributed by atoms with Crippen LogP contribution >= 0.6 is 0 Å². The van der Waals surface area contributed by atoms with Crippen LogP contribution in [0.1, 0.15) is 24.8 Å². The first-order valence-corrected chi connectivity index (χ1v) is 8.33. The molecular weight excluding hydrogens is 335 g/mol. The third-order valence-corrected chi connectivity index (χ3v) is 4.77. The molecule has 2 aliphatic rings. The van der Waals surface area contributed by atoms with Gasteiger partial charge in [-0.25, -0.2) is 14.4 Å². The summed E-state index contributed by atoms with van der Waals surface area (Å²) in [6, 6.07) is 5.28. The number of benzene rings is 1. The predicted molar refractivity (Wildman–Crippen MR) is 97.8 cm³/mol. The van der Waals surface area contributed by atoms with Gasteiger partial charge in [0.1, 0.15) is 12.0 Å². The van der Waals surface area contributed by atoms with Crippen LogP contribution in [0.3, 0.4) is 0 Å². The number of amides is 2. The van der Waals surface area contributed by atoms with Crippen LogP contribution in [-0.2, 0) is 9.59 Å². The Labute approximate surface area is 149 Å². The van der Waals surface area contributed by atoms with E-state index in [-0.39, 0.29) is 18.2 Å². The Morgan fingerprint density at radius 1 is 1.35 bits per heavy atom. The number of alkyl halides is 1. The van der Waals surface area contributed by atoms with Crippen molar-refractivity contribution in [3.05, 3.63) is 41.6 Å². The Hall–Kier alpha value is -3.09. The van der Waals surface area contributed by atoms with Crippen molar-refractivity contribution in [1.82, 2.24) is 4.98 Å². The minimum atomic E-state index is -1.06. The normalized spacial score (nSPS) is 24.5. The van der Waals surface area contributed by atoms with Gasteiger partial charge in [-0.05, 0) is 48.6 Å². The Bertz CT molecular complexity index is 998. The smallest absolute Gasteiger partial charge is 0.257 e. The molecule has 1 aliphatic carbocycles. The Kier molecular flexibility index (Phi) is 3.79. The fourth-order valence-electron chi connectivity index (χ4n) is 3.20. The van der Waals surface area contributed by atoms with Gasteiger partial charge in [-0.15, -0.1) is 0 Å². The molecule has 1 fully saturated rings. The molecule has 3 N–H and O–H groups in total. The first kappa shape index (κ1) is 16.4. The van der Waals surface area contributed by atoms with Crippen molar-refractivity contribution >= 4 is 40.3 Å². The third kappa shape index (κ3) is 2.85. The van der Waals surface area contributed by atoms with Crippen LogP contribution in [0.2, 0.25) is 0 Å². The number of aromatic nitrogens is 1. The fourth-order valence-corrected chi connectivity index (χ4v) is 3.20. The van der Waals surface area contributed by atoms with E-state index in [2.05, 4.69) is 15.3 Å². The van der Waals surface area contributed by atoms with E-state index in [1.165, 1.54) is 6.21 Å². The summed E-state index contributed by atoms with van der Waals surface area (Å²) in [6.45, 7) is 1.87. The molecule has 26 heavy (non-hydrogen) atoms. The zero-order valence-electron chi connectivity index (χ0n) is 14.1. The second-order valence-electron chi connectivity index (χ2n) is 6.71. The first-order valence-electron chi connectivity index (χ1n) is 8.33. The summed E-state index contributed by atoms with van der Waals surface area (Å²) in [4.78, 5) is 32.1. The summed E-state index contributed by atoms with van der Waals surface area (Å²) in [5.41, 5.74) is 8.25. The Balaban J connectivity index is 1.70. The number of anilines is 2. The number of hydrogen-bond acceptors (Lipinski definition) is 4. The lowest BCUT2D eigenvalue weighted by atomic mass is 9.88. The number of pyridine rings is 1. The van der Waals surface area contributed by atoms with Crippen LogP contribution in [0.25, 0.3) is 10.8 Å². The number of nitrogen functional groups attached to an aromatic ring is 1. The minimum Gasteiger partial charge on any atom is -0.398 e. The standard InChI is InChI=1S/C19H17FN4O2/c1-9-2-3-22-19(26)17(9)11-4-10-6-16(23-8-13(10)15(21)5-11)24-18(25)12-7-14(12)20/h2-6,8,12,14,17H,7,21H2,1H3,(H,23,24,25)/t12-,14+,17?/m0/s1. The lowest BCUT2D eigenvalue weighted by Gasteiger charge is -2.18. The number of halogens is 1. The molecular formula is C19H17FN4O2. The molecule has 1 saturated carbocycles. The number of carbonyl (C=O) groups excluding carboxylic acids is 2. The van der Waals surface area contributed by atoms with E-state index in [1.54, 1.807) is 24.4 Å². The Morgan fingerprint density at radius 3 is 2.81 bits per heavy atom. The number of nitrogens with two attached hydrogens (primary N) is 1. The topological polar surface area (TPSA) is 97.4 Å². The molecule has 2 amide bonds. The van der Waals surface area contributed by atoms with Gasteiger partial charge in [0, 0.05) is 23.5 Å². The lowest BCUT2D eigenvalue weighted by Crippen LogP contribution is -2.16. The van der Waals surface area contributed by atoms with Crippen molar-refractivity contribution in [3.63, 3.8) is 0 Å². The molecule has 0 spiro atoms. The lowest BCUT2D eigenvalue weighted by molar-refractivity contribution is -0.119. The number of nitrogens with zero attached hydrogens (tertiary/aromatic N) is 2. The highest BCUT2D eigenvalue weighted by Gasteiger charge is 2.43. The average Bonchev–Trinajstić information content (AvgIpc) is 3.31. The second kappa shape index (κ2) is 6.01. The van der Waals surface area contributed by atoms with Crippen LogP contribution in [0, 0.1) is 5.92 Å². The van der Waals surface area contributed by atoms with Crippen LogP contribution in [0.15, 0.2) is 41.0 Å². The summed E-state index contributed by atoms with van der Waals surface area (Å²) >= 11 is 0. The van der Waals surface area contributed by atoms with Crippen molar-refractivity contribution < 1.29 is 14.0 Å². The molecule has 7 heteroatoms. The maximum Gasteiger partial charge on any atom is 0.257 e. The van der Waals surface area contributed by atoms with Gasteiger partial charge >= 0.3 is 0 Å². The maximum atomic E-state index is 13.0. The van der Waals surface area contributed by atoms with Crippen LogP contribution in [-0.4, -0.2) is 29.2 Å². The van der Waals surface area contributed by atoms with Gasteiger partial charge in [-0.3, -0.25) is 9.59 Å². The number of nitrogens with one attached hydrogen (secondary N) is 1. The quantitative estimate of drug-likeness (QED) is 0.830. The van der Waals surface area contributed by atoms with E-state index in [0.717, 1.165) is 21.9 Å². The number of carbonyl (C=O) groups is 2. The summed E-state index contributed by atoms with van der Waals surface area (Å²) in [5, 5.41) is 4.09. The molecule has 3 atom stereocenters. The highest BCUT2D eigenvalue weighted by atomic mass is 19.1. The molecule has 132 valence electrons. The SMILES string of the molecule is CC1=CC=NC(=O)C1c1cc(N)c2cnc(NC(=O)[C@H]3C[C@H]3F)cc2c1. The van der Waals surface area contributed by atoms with Crippen molar-refractivity contribution in [2.75, 3.05) is 11.1 Å². The molecule has 4 rings (SSSR count). The molecule has 1 aromatic carbocycles. The number of hydrogen-bond donors (Lipinski definition) is 2. The van der Waals surface area contributed by atoms with E-state index in [0.29, 0.717) is 11.5 Å². The molecule has 0 radical (unpaired) electrons. The van der Waals surface area contributed by atoms with Crippen LogP contribution in [0.4, 0.5) is 15.9 Å². The van der Waals surface area contributed by atoms with Gasteiger partial charge in [0.15, 0.2) is 0 Å². The zero-order valence-corrected chi connectivity index (χ0v) is 14.1. The average molecular weight is 352 g/mol. The van der Waals surface area contributed by atoms with Crippen molar-refractivity contribution in [1.29, 1.82) is 0 Å². The van der Waals surface area contributed by atoms with Gasteiger partial charge in [0.05, 0.1) is 11.8 Å². The minimum absolute atomic E-state index is 0.242. The number of dihydropyridines is 1. The zero-order chi connectivity index (χ0) is 18.4. The van der Waals surface area contributed by atoms with Gasteiger partial charge in [0.2, 0.25) is 5.91 Å². The number of allylic oxidation sites excluding steroid dienone is 1. The number of rotatable bonds is 3. The summed E-state index contributed by atoms with van der Waals surface area (Å²) in [6.07, 6.45) is 4.05. The third-order valence-electron chi connectivity index (χ3n) is 4.77. The van der Waals surface area contributed by atoms with Crippen LogP contribution in [0.5, 0.6) is 0 Å². The number of fused-ring (bicyclic) bond motifs is 1. The maximum absolute atomic E-state index is 13.0. The molecule has 1 unspecified atom stereocenters. The van der Waals surface area contributed by atoms with E-state index in [1.807, 2.05) is 13.0 Å². The summed E-state index contributed by atoms with van der Waals surface area (Å²) < 4.78 is 13.0. The largest absolute Gasteiger partial charge is 0.398 e. The number of aliphatic imine (C=N–C) groups is 1. The molecule has 0 saturated heterocycles. The van der Waals surface area contributed by atoms with E-state index in [4.69, 9.17) is 5.73 Å².